The van der Waals surface area contributed by atoms with Crippen molar-refractivity contribution in [2.75, 3.05) is 7.11 Å². The number of Topliss-reactive ketones (excluding diaryl/α,β-unsaturated/α-hetero) is 1. The maximum Gasteiger partial charge on any atom is 0.228 e. The molecule has 0 aliphatic heterocycles. The van der Waals surface area contributed by atoms with Crippen molar-refractivity contribution in [3.05, 3.63) is 12.2 Å². The van der Waals surface area contributed by atoms with Gasteiger partial charge in [-0.15, -0.1) is 0 Å². The largest absolute Gasteiger partial charge is 0.373 e. The number of aryl methyl sites for hydroxylation is 1. The molecular weight excluding hydrogens is 158 g/mol. The number of nitrogens with zero attached hydrogens (tertiary/aromatic N) is 3. The molecule has 0 amide bonds. The van der Waals surface area contributed by atoms with Gasteiger partial charge in [-0.3, -0.25) is 4.79 Å². The van der Waals surface area contributed by atoms with Crippen LogP contribution in [0.2, 0.25) is 0 Å². The third-order valence-corrected chi connectivity index (χ3v) is 1.65. The molecule has 1 rings (SSSR count). The van der Waals surface area contributed by atoms with Crippen molar-refractivity contribution in [1.29, 1.82) is 0 Å². The Kier molecular flexibility index (Phi) is 2.54. The molecule has 0 aliphatic carbocycles. The van der Waals surface area contributed by atoms with Crippen LogP contribution in [0.4, 0.5) is 0 Å². The molecule has 1 unspecified atom stereocenters. The van der Waals surface area contributed by atoms with E-state index in [0.717, 1.165) is 0 Å². The van der Waals surface area contributed by atoms with Crippen molar-refractivity contribution >= 4 is 5.78 Å². The van der Waals surface area contributed by atoms with Crippen molar-refractivity contribution in [1.82, 2.24) is 14.8 Å². The Morgan fingerprint density at radius 1 is 1.75 bits per heavy atom. The fourth-order valence-corrected chi connectivity index (χ4v) is 0.808. The minimum absolute atomic E-state index is 0.155. The molecule has 0 bridgehead atoms. The van der Waals surface area contributed by atoms with E-state index in [4.69, 9.17) is 4.74 Å². The van der Waals surface area contributed by atoms with Gasteiger partial charge in [0.05, 0.1) is 0 Å². The average molecular weight is 169 g/mol. The summed E-state index contributed by atoms with van der Waals surface area (Å²) in [6.45, 7) is 1.68. The number of ketones is 1. The molecule has 66 valence electrons. The van der Waals surface area contributed by atoms with E-state index in [0.29, 0.717) is 5.82 Å². The van der Waals surface area contributed by atoms with Gasteiger partial charge in [0.2, 0.25) is 5.78 Å². The Hall–Kier alpha value is -1.23. The van der Waals surface area contributed by atoms with E-state index in [-0.39, 0.29) is 5.78 Å². The lowest BCUT2D eigenvalue weighted by molar-refractivity contribution is 0.0640. The molecule has 1 heterocycles. The number of methoxy groups -OCH3 is 1. The molecule has 1 aromatic rings. The van der Waals surface area contributed by atoms with Crippen LogP contribution in [0, 0.1) is 0 Å². The van der Waals surface area contributed by atoms with Crippen LogP contribution in [0.3, 0.4) is 0 Å². The van der Waals surface area contributed by atoms with Crippen molar-refractivity contribution in [3.63, 3.8) is 0 Å². The quantitative estimate of drug-likeness (QED) is 0.599. The SMILES string of the molecule is COC(C)C(=O)c1ncnn1C. The molecule has 0 N–H and O–H groups in total. The Morgan fingerprint density at radius 3 is 2.83 bits per heavy atom. The zero-order valence-electron chi connectivity index (χ0n) is 7.31. The van der Waals surface area contributed by atoms with Gasteiger partial charge in [0.25, 0.3) is 0 Å². The van der Waals surface area contributed by atoms with Crippen LogP contribution in [0.5, 0.6) is 0 Å². The predicted molar refractivity (Wildman–Crippen MR) is 41.8 cm³/mol. The number of hydrogen-bond acceptors (Lipinski definition) is 4. The Balaban J connectivity index is 2.85. The number of carbonyl (C=O) groups excluding carboxylic acids is 1. The van der Waals surface area contributed by atoms with E-state index in [2.05, 4.69) is 10.1 Å². The second-order valence-corrected chi connectivity index (χ2v) is 2.45. The lowest BCUT2D eigenvalue weighted by Crippen LogP contribution is -2.22. The van der Waals surface area contributed by atoms with Gasteiger partial charge < -0.3 is 4.74 Å². The van der Waals surface area contributed by atoms with Crippen molar-refractivity contribution in [3.8, 4) is 0 Å². The maximum absolute atomic E-state index is 11.4. The summed E-state index contributed by atoms with van der Waals surface area (Å²) >= 11 is 0. The lowest BCUT2D eigenvalue weighted by atomic mass is 10.2. The number of carbonyl (C=O) groups is 1. The van der Waals surface area contributed by atoms with Crippen molar-refractivity contribution in [2.45, 2.75) is 13.0 Å². The molecule has 0 saturated heterocycles. The van der Waals surface area contributed by atoms with Crippen molar-refractivity contribution < 1.29 is 9.53 Å². The van der Waals surface area contributed by atoms with E-state index in [1.807, 2.05) is 0 Å². The molecule has 0 aliphatic rings. The Bertz CT molecular complexity index is 282. The molecule has 5 nitrogen and oxygen atoms in total. The van der Waals surface area contributed by atoms with Crippen LogP contribution in [-0.4, -0.2) is 33.8 Å². The monoisotopic (exact) mass is 169 g/mol. The summed E-state index contributed by atoms with van der Waals surface area (Å²) in [5.41, 5.74) is 0. The van der Waals surface area contributed by atoms with Gasteiger partial charge >= 0.3 is 0 Å². The highest BCUT2D eigenvalue weighted by atomic mass is 16.5. The van der Waals surface area contributed by atoms with E-state index in [1.54, 1.807) is 14.0 Å². The highest BCUT2D eigenvalue weighted by Crippen LogP contribution is 2.00. The van der Waals surface area contributed by atoms with Gasteiger partial charge in [0, 0.05) is 14.2 Å². The van der Waals surface area contributed by atoms with E-state index < -0.39 is 6.10 Å². The second-order valence-electron chi connectivity index (χ2n) is 2.45. The van der Waals surface area contributed by atoms with Crippen LogP contribution < -0.4 is 0 Å². The lowest BCUT2D eigenvalue weighted by Gasteiger charge is -2.05. The topological polar surface area (TPSA) is 57.0 Å². The molecular formula is C7H11N3O2. The first-order chi connectivity index (χ1) is 5.66. The van der Waals surface area contributed by atoms with Crippen LogP contribution in [0.1, 0.15) is 17.5 Å². The number of rotatable bonds is 3. The first-order valence-corrected chi connectivity index (χ1v) is 3.57. The summed E-state index contributed by atoms with van der Waals surface area (Å²) in [5.74, 6) is 0.168. The van der Waals surface area contributed by atoms with Crippen molar-refractivity contribution in [2.24, 2.45) is 7.05 Å². The standard InChI is InChI=1S/C7H11N3O2/c1-5(12-3)6(11)7-8-4-9-10(7)2/h4-5H,1-3H3. The third-order valence-electron chi connectivity index (χ3n) is 1.65. The van der Waals surface area contributed by atoms with Gasteiger partial charge in [0.15, 0.2) is 5.82 Å². The van der Waals surface area contributed by atoms with Crippen LogP contribution >= 0.6 is 0 Å². The van der Waals surface area contributed by atoms with Crippen LogP contribution in [-0.2, 0) is 11.8 Å². The van der Waals surface area contributed by atoms with Gasteiger partial charge in [-0.25, -0.2) is 9.67 Å². The summed E-state index contributed by atoms with van der Waals surface area (Å²) in [4.78, 5) is 15.2. The smallest absolute Gasteiger partial charge is 0.228 e. The summed E-state index contributed by atoms with van der Waals surface area (Å²) in [6, 6.07) is 0. The highest BCUT2D eigenvalue weighted by molar-refractivity contribution is 5.95. The molecule has 0 radical (unpaired) electrons. The Labute approximate surface area is 70.4 Å². The minimum atomic E-state index is -0.465. The summed E-state index contributed by atoms with van der Waals surface area (Å²) in [7, 11) is 3.15. The average Bonchev–Trinajstić information content (AvgIpc) is 2.48. The first-order valence-electron chi connectivity index (χ1n) is 3.57. The first kappa shape index (κ1) is 8.86. The molecule has 12 heavy (non-hydrogen) atoms. The normalized spacial score (nSPS) is 12.9. The third kappa shape index (κ3) is 1.50. The van der Waals surface area contributed by atoms with Crippen LogP contribution in [0.15, 0.2) is 6.33 Å². The molecule has 1 atom stereocenters. The maximum atomic E-state index is 11.4. The van der Waals surface area contributed by atoms with Gasteiger partial charge in [-0.2, -0.15) is 5.10 Å². The van der Waals surface area contributed by atoms with Gasteiger partial charge in [-0.05, 0) is 6.92 Å². The number of hydrogen-bond donors (Lipinski definition) is 0. The molecule has 1 aromatic heterocycles. The zero-order chi connectivity index (χ0) is 9.14. The summed E-state index contributed by atoms with van der Waals surface area (Å²) in [6.07, 6.45) is 0.878. The highest BCUT2D eigenvalue weighted by Gasteiger charge is 2.18. The summed E-state index contributed by atoms with van der Waals surface area (Å²) < 4.78 is 6.29. The number of ether oxygens (including phenoxy) is 1. The Morgan fingerprint density at radius 2 is 2.42 bits per heavy atom. The number of aromatic nitrogens is 3. The fraction of sp³-hybridized carbons (Fsp3) is 0.571. The molecule has 5 heteroatoms. The van der Waals surface area contributed by atoms with Gasteiger partial charge in [-0.1, -0.05) is 0 Å². The summed E-state index contributed by atoms with van der Waals surface area (Å²) in [5, 5.41) is 3.78. The zero-order valence-corrected chi connectivity index (χ0v) is 7.31. The molecule has 0 saturated carbocycles. The van der Waals surface area contributed by atoms with Gasteiger partial charge in [0.1, 0.15) is 12.4 Å². The molecule has 0 aromatic carbocycles. The molecule has 0 spiro atoms. The fourth-order valence-electron chi connectivity index (χ4n) is 0.808. The van der Waals surface area contributed by atoms with E-state index in [1.165, 1.54) is 18.1 Å². The van der Waals surface area contributed by atoms with E-state index >= 15 is 0 Å². The predicted octanol–water partition coefficient (Wildman–Crippen LogP) is 0.0327. The van der Waals surface area contributed by atoms with Crippen LogP contribution in [0.25, 0.3) is 0 Å². The minimum Gasteiger partial charge on any atom is -0.373 e. The second kappa shape index (κ2) is 3.44. The molecule has 0 fully saturated rings. The van der Waals surface area contributed by atoms with E-state index in [9.17, 15) is 4.79 Å².